The number of carbonyl (C=O) groups excluding carboxylic acids is 1. The standard InChI is InChI=1S/C20H28BNO3/c1-19(2)20(3,4)25-21(24-19)17-12-14-22(15-13-17)18(23)11-10-16-8-6-5-7-9-16/h5-9,12H,10-11,13-15H2,1-4H3. The van der Waals surface area contributed by atoms with E-state index >= 15 is 0 Å². The topological polar surface area (TPSA) is 38.8 Å². The van der Waals surface area contributed by atoms with E-state index in [-0.39, 0.29) is 24.2 Å². The summed E-state index contributed by atoms with van der Waals surface area (Å²) in [5.74, 6) is 0.216. The number of amides is 1. The Balaban J connectivity index is 1.53. The third kappa shape index (κ3) is 3.99. The molecular weight excluding hydrogens is 313 g/mol. The fraction of sp³-hybridized carbons (Fsp3) is 0.550. The summed E-state index contributed by atoms with van der Waals surface area (Å²) in [5, 5.41) is 0. The highest BCUT2D eigenvalue weighted by atomic mass is 16.7. The molecule has 1 aromatic rings. The smallest absolute Gasteiger partial charge is 0.400 e. The molecule has 3 rings (SSSR count). The lowest BCUT2D eigenvalue weighted by atomic mass is 9.74. The molecule has 0 bridgehead atoms. The van der Waals surface area contributed by atoms with Gasteiger partial charge in [0.05, 0.1) is 11.2 Å². The second-order valence-electron chi connectivity index (χ2n) is 7.94. The van der Waals surface area contributed by atoms with Crippen molar-refractivity contribution < 1.29 is 14.1 Å². The molecule has 4 nitrogen and oxygen atoms in total. The second kappa shape index (κ2) is 6.97. The van der Waals surface area contributed by atoms with Gasteiger partial charge in [-0.2, -0.15) is 0 Å². The van der Waals surface area contributed by atoms with E-state index in [1.54, 1.807) is 0 Å². The maximum atomic E-state index is 12.4. The number of hydrogen-bond donors (Lipinski definition) is 0. The van der Waals surface area contributed by atoms with E-state index in [1.807, 2.05) is 23.1 Å². The van der Waals surface area contributed by atoms with Gasteiger partial charge in [0.15, 0.2) is 0 Å². The molecule has 1 amide bonds. The Bertz CT molecular complexity index is 638. The molecule has 1 fully saturated rings. The number of benzene rings is 1. The van der Waals surface area contributed by atoms with Crippen LogP contribution < -0.4 is 0 Å². The molecule has 5 heteroatoms. The molecule has 2 aliphatic heterocycles. The van der Waals surface area contributed by atoms with Crippen LogP contribution in [0, 0.1) is 0 Å². The van der Waals surface area contributed by atoms with E-state index in [2.05, 4.69) is 45.9 Å². The minimum atomic E-state index is -0.318. The average Bonchev–Trinajstić information content (AvgIpc) is 2.81. The highest BCUT2D eigenvalue weighted by Crippen LogP contribution is 2.39. The zero-order chi connectivity index (χ0) is 18.1. The van der Waals surface area contributed by atoms with E-state index in [9.17, 15) is 4.79 Å². The second-order valence-corrected chi connectivity index (χ2v) is 7.94. The summed E-state index contributed by atoms with van der Waals surface area (Å²) in [5.41, 5.74) is 1.73. The van der Waals surface area contributed by atoms with Crippen LogP contribution in [0.2, 0.25) is 0 Å². The number of nitrogens with zero attached hydrogens (tertiary/aromatic N) is 1. The van der Waals surface area contributed by atoms with Crippen molar-refractivity contribution in [1.82, 2.24) is 4.90 Å². The number of carbonyl (C=O) groups is 1. The molecule has 2 heterocycles. The van der Waals surface area contributed by atoms with E-state index in [0.29, 0.717) is 13.0 Å². The molecule has 0 radical (unpaired) electrons. The zero-order valence-corrected chi connectivity index (χ0v) is 15.7. The van der Waals surface area contributed by atoms with E-state index in [0.717, 1.165) is 24.9 Å². The minimum absolute atomic E-state index is 0.216. The van der Waals surface area contributed by atoms with Crippen molar-refractivity contribution in [3.63, 3.8) is 0 Å². The van der Waals surface area contributed by atoms with E-state index in [1.165, 1.54) is 5.56 Å². The van der Waals surface area contributed by atoms with Crippen LogP contribution in [-0.4, -0.2) is 42.2 Å². The lowest BCUT2D eigenvalue weighted by Gasteiger charge is -2.32. The quantitative estimate of drug-likeness (QED) is 0.788. The zero-order valence-electron chi connectivity index (χ0n) is 15.7. The Morgan fingerprint density at radius 3 is 2.32 bits per heavy atom. The van der Waals surface area contributed by atoms with Crippen molar-refractivity contribution in [3.8, 4) is 0 Å². The van der Waals surface area contributed by atoms with Gasteiger partial charge in [0.2, 0.25) is 5.91 Å². The first kappa shape index (κ1) is 18.2. The first-order valence-electron chi connectivity index (χ1n) is 9.15. The SMILES string of the molecule is CC1(C)OB(C2=CCN(C(=O)CCc3ccccc3)CC2)OC1(C)C. The molecule has 1 saturated heterocycles. The number of rotatable bonds is 4. The van der Waals surface area contributed by atoms with Gasteiger partial charge >= 0.3 is 7.12 Å². The summed E-state index contributed by atoms with van der Waals surface area (Å²) in [4.78, 5) is 14.4. The van der Waals surface area contributed by atoms with Gasteiger partial charge in [-0.05, 0) is 51.6 Å². The highest BCUT2D eigenvalue weighted by Gasteiger charge is 2.52. The lowest BCUT2D eigenvalue weighted by Crippen LogP contribution is -2.41. The predicted molar refractivity (Wildman–Crippen MR) is 100 cm³/mol. The molecule has 0 unspecified atom stereocenters. The first-order valence-corrected chi connectivity index (χ1v) is 9.15. The molecule has 2 aliphatic rings. The molecule has 0 aromatic heterocycles. The van der Waals surface area contributed by atoms with Gasteiger partial charge < -0.3 is 14.2 Å². The molecule has 0 atom stereocenters. The van der Waals surface area contributed by atoms with Crippen LogP contribution in [0.25, 0.3) is 0 Å². The normalized spacial score (nSPS) is 22.0. The van der Waals surface area contributed by atoms with Crippen molar-refractivity contribution in [2.45, 2.75) is 58.2 Å². The lowest BCUT2D eigenvalue weighted by molar-refractivity contribution is -0.130. The van der Waals surface area contributed by atoms with Gasteiger partial charge in [0, 0.05) is 19.5 Å². The van der Waals surface area contributed by atoms with Crippen LogP contribution >= 0.6 is 0 Å². The summed E-state index contributed by atoms with van der Waals surface area (Å²) in [6.45, 7) is 9.65. The van der Waals surface area contributed by atoms with Crippen LogP contribution in [0.1, 0.15) is 46.1 Å². The predicted octanol–water partition coefficient (Wildman–Crippen LogP) is 3.41. The van der Waals surface area contributed by atoms with Crippen LogP contribution in [0.5, 0.6) is 0 Å². The fourth-order valence-electron chi connectivity index (χ4n) is 3.17. The average molecular weight is 341 g/mol. The summed E-state index contributed by atoms with van der Waals surface area (Å²) in [6, 6.07) is 10.2. The van der Waals surface area contributed by atoms with Crippen LogP contribution in [-0.2, 0) is 20.5 Å². The molecular formula is C20H28BNO3. The summed E-state index contributed by atoms with van der Waals surface area (Å²) in [6.07, 6.45) is 4.27. The van der Waals surface area contributed by atoms with Crippen molar-refractivity contribution in [3.05, 3.63) is 47.4 Å². The van der Waals surface area contributed by atoms with Crippen molar-refractivity contribution in [1.29, 1.82) is 0 Å². The molecule has 25 heavy (non-hydrogen) atoms. The maximum absolute atomic E-state index is 12.4. The largest absolute Gasteiger partial charge is 0.490 e. The van der Waals surface area contributed by atoms with Crippen LogP contribution in [0.4, 0.5) is 0 Å². The number of aryl methyl sites for hydroxylation is 1. The Hall–Kier alpha value is -1.59. The maximum Gasteiger partial charge on any atom is 0.490 e. The Labute approximate surface area is 151 Å². The third-order valence-electron chi connectivity index (χ3n) is 5.62. The van der Waals surface area contributed by atoms with Gasteiger partial charge in [-0.25, -0.2) is 0 Å². The third-order valence-corrected chi connectivity index (χ3v) is 5.62. The summed E-state index contributed by atoms with van der Waals surface area (Å²) < 4.78 is 12.2. The van der Waals surface area contributed by atoms with Crippen LogP contribution in [0.15, 0.2) is 41.9 Å². The van der Waals surface area contributed by atoms with Crippen molar-refractivity contribution in [2.24, 2.45) is 0 Å². The first-order chi connectivity index (χ1) is 11.8. The van der Waals surface area contributed by atoms with E-state index < -0.39 is 0 Å². The molecule has 134 valence electrons. The highest BCUT2D eigenvalue weighted by molar-refractivity contribution is 6.54. The van der Waals surface area contributed by atoms with Gasteiger partial charge in [-0.3, -0.25) is 4.79 Å². The molecule has 0 N–H and O–H groups in total. The van der Waals surface area contributed by atoms with Gasteiger partial charge in [0.25, 0.3) is 0 Å². The summed E-state index contributed by atoms with van der Waals surface area (Å²) in [7, 11) is -0.286. The monoisotopic (exact) mass is 341 g/mol. The molecule has 0 saturated carbocycles. The number of hydrogen-bond acceptors (Lipinski definition) is 3. The van der Waals surface area contributed by atoms with Gasteiger partial charge in [0.1, 0.15) is 0 Å². The molecule has 1 aromatic carbocycles. The molecule has 0 spiro atoms. The summed E-state index contributed by atoms with van der Waals surface area (Å²) >= 11 is 0. The fourth-order valence-corrected chi connectivity index (χ4v) is 3.17. The van der Waals surface area contributed by atoms with Crippen LogP contribution in [0.3, 0.4) is 0 Å². The van der Waals surface area contributed by atoms with Gasteiger partial charge in [-0.1, -0.05) is 36.4 Å². The molecule has 0 aliphatic carbocycles. The van der Waals surface area contributed by atoms with Crippen molar-refractivity contribution >= 4 is 13.0 Å². The Kier molecular flexibility index (Phi) is 5.07. The Morgan fingerprint density at radius 1 is 1.12 bits per heavy atom. The van der Waals surface area contributed by atoms with Gasteiger partial charge in [-0.15, -0.1) is 0 Å². The van der Waals surface area contributed by atoms with Crippen molar-refractivity contribution in [2.75, 3.05) is 13.1 Å². The van der Waals surface area contributed by atoms with E-state index in [4.69, 9.17) is 9.31 Å². The minimum Gasteiger partial charge on any atom is -0.400 e. The Morgan fingerprint density at radius 2 is 1.76 bits per heavy atom.